The van der Waals surface area contributed by atoms with Crippen LogP contribution in [-0.2, 0) is 16.0 Å². The summed E-state index contributed by atoms with van der Waals surface area (Å²) in [6.07, 6.45) is 2.15. The maximum Gasteiger partial charge on any atom is 0.262 e. The zero-order valence-electron chi connectivity index (χ0n) is 13.2. The molecule has 1 N–H and O–H groups in total. The summed E-state index contributed by atoms with van der Waals surface area (Å²) in [5, 5.41) is 5.34. The summed E-state index contributed by atoms with van der Waals surface area (Å²) in [5.41, 5.74) is 0.394. The molecular formula is C14H22N4O3S. The predicted octanol–water partition coefficient (Wildman–Crippen LogP) is 2.02. The van der Waals surface area contributed by atoms with Crippen LogP contribution in [0.3, 0.4) is 0 Å². The summed E-state index contributed by atoms with van der Waals surface area (Å²) in [7, 11) is 0. The first-order chi connectivity index (χ1) is 10.7. The van der Waals surface area contributed by atoms with E-state index in [1.165, 1.54) is 18.0 Å². The second-order valence-electron chi connectivity index (χ2n) is 4.62. The van der Waals surface area contributed by atoms with Crippen molar-refractivity contribution in [3.8, 4) is 0 Å². The van der Waals surface area contributed by atoms with Crippen molar-refractivity contribution in [3.05, 3.63) is 16.6 Å². The molecule has 0 spiro atoms. The van der Waals surface area contributed by atoms with Crippen molar-refractivity contribution < 1.29 is 9.47 Å². The van der Waals surface area contributed by atoms with Gasteiger partial charge in [-0.2, -0.15) is 5.10 Å². The summed E-state index contributed by atoms with van der Waals surface area (Å²) in [6.45, 7) is 7.42. The first-order valence-electron chi connectivity index (χ1n) is 7.51. The Bertz CT molecular complexity index is 649. The van der Waals surface area contributed by atoms with Crippen LogP contribution in [0.25, 0.3) is 11.0 Å². The van der Waals surface area contributed by atoms with Gasteiger partial charge in [-0.3, -0.25) is 4.79 Å². The molecule has 0 radical (unpaired) electrons. The third kappa shape index (κ3) is 4.08. The Balaban J connectivity index is 2.29. The number of thioether (sulfide) groups is 1. The first kappa shape index (κ1) is 17.0. The fourth-order valence-electron chi connectivity index (χ4n) is 2.01. The lowest BCUT2D eigenvalue weighted by Gasteiger charge is -2.17. The molecule has 122 valence electrons. The number of hydrogen-bond donors (Lipinski definition) is 1. The zero-order chi connectivity index (χ0) is 15.9. The number of H-pyrrole nitrogens is 1. The highest BCUT2D eigenvalue weighted by atomic mass is 32.2. The lowest BCUT2D eigenvalue weighted by atomic mass is 10.4. The molecule has 2 rings (SSSR count). The largest absolute Gasteiger partial charge is 0.351 e. The number of aromatic nitrogens is 4. The number of fused-ring (bicyclic) bond motifs is 1. The van der Waals surface area contributed by atoms with Gasteiger partial charge in [-0.25, -0.2) is 9.67 Å². The Morgan fingerprint density at radius 1 is 1.32 bits per heavy atom. The molecule has 0 aromatic carbocycles. The predicted molar refractivity (Wildman–Crippen MR) is 86.2 cm³/mol. The van der Waals surface area contributed by atoms with Crippen molar-refractivity contribution in [2.24, 2.45) is 0 Å². The molecular weight excluding hydrogens is 304 g/mol. The van der Waals surface area contributed by atoms with Crippen LogP contribution in [0.1, 0.15) is 27.2 Å². The van der Waals surface area contributed by atoms with Crippen LogP contribution in [0, 0.1) is 0 Å². The van der Waals surface area contributed by atoms with Gasteiger partial charge in [0.15, 0.2) is 17.1 Å². The summed E-state index contributed by atoms with van der Waals surface area (Å²) < 4.78 is 12.7. The van der Waals surface area contributed by atoms with E-state index in [0.29, 0.717) is 35.9 Å². The van der Waals surface area contributed by atoms with Gasteiger partial charge in [0.05, 0.1) is 12.7 Å². The van der Waals surface area contributed by atoms with Crippen molar-refractivity contribution in [1.29, 1.82) is 0 Å². The van der Waals surface area contributed by atoms with E-state index in [0.717, 1.165) is 12.2 Å². The van der Waals surface area contributed by atoms with Crippen LogP contribution >= 0.6 is 11.8 Å². The second-order valence-corrected chi connectivity index (χ2v) is 5.71. The van der Waals surface area contributed by atoms with Crippen LogP contribution < -0.4 is 5.56 Å². The average Bonchev–Trinajstić information content (AvgIpc) is 2.89. The number of rotatable bonds is 9. The Labute approximate surface area is 133 Å². The van der Waals surface area contributed by atoms with E-state index in [2.05, 4.69) is 22.0 Å². The van der Waals surface area contributed by atoms with Gasteiger partial charge in [-0.05, 0) is 20.3 Å². The highest BCUT2D eigenvalue weighted by Gasteiger charge is 2.15. The van der Waals surface area contributed by atoms with E-state index in [1.807, 2.05) is 13.8 Å². The summed E-state index contributed by atoms with van der Waals surface area (Å²) in [5.74, 6) is 0.906. The highest BCUT2D eigenvalue weighted by molar-refractivity contribution is 7.99. The third-order valence-electron chi connectivity index (χ3n) is 2.95. The van der Waals surface area contributed by atoms with Gasteiger partial charge in [-0.1, -0.05) is 18.7 Å². The van der Waals surface area contributed by atoms with E-state index >= 15 is 0 Å². The quantitative estimate of drug-likeness (QED) is 0.431. The molecule has 0 fully saturated rings. The van der Waals surface area contributed by atoms with Crippen molar-refractivity contribution >= 4 is 22.8 Å². The second kappa shape index (κ2) is 8.30. The molecule has 2 aromatic rings. The molecule has 2 heterocycles. The van der Waals surface area contributed by atoms with E-state index in [1.54, 1.807) is 4.68 Å². The molecule has 8 heteroatoms. The first-order valence-corrected chi connectivity index (χ1v) is 8.49. The van der Waals surface area contributed by atoms with Gasteiger partial charge in [0.25, 0.3) is 5.56 Å². The fourth-order valence-corrected chi connectivity index (χ4v) is 2.73. The Kier molecular flexibility index (Phi) is 6.41. The molecule has 0 aliphatic heterocycles. The smallest absolute Gasteiger partial charge is 0.262 e. The summed E-state index contributed by atoms with van der Waals surface area (Å²) in [6, 6.07) is 0. The molecule has 0 bridgehead atoms. The molecule has 0 amide bonds. The molecule has 0 saturated heterocycles. The standard InChI is InChI=1S/C14H22N4O3S/c1-4-7-22-14-16-12-10(13(19)17-14)8-15-18(12)9-11(20-5-2)21-6-3/h8,11H,4-7,9H2,1-3H3,(H,16,17,19). The monoisotopic (exact) mass is 326 g/mol. The lowest BCUT2D eigenvalue weighted by Crippen LogP contribution is -2.24. The summed E-state index contributed by atoms with van der Waals surface area (Å²) in [4.78, 5) is 19.4. The summed E-state index contributed by atoms with van der Waals surface area (Å²) >= 11 is 1.53. The van der Waals surface area contributed by atoms with E-state index in [4.69, 9.17) is 9.47 Å². The molecule has 0 aliphatic carbocycles. The maximum atomic E-state index is 12.1. The van der Waals surface area contributed by atoms with Crippen LogP contribution in [-0.4, -0.2) is 45.0 Å². The van der Waals surface area contributed by atoms with Gasteiger partial charge in [0.1, 0.15) is 5.39 Å². The molecule has 0 saturated carbocycles. The van der Waals surface area contributed by atoms with Gasteiger partial charge in [-0.15, -0.1) is 0 Å². The fraction of sp³-hybridized carbons (Fsp3) is 0.643. The van der Waals surface area contributed by atoms with Gasteiger partial charge in [0, 0.05) is 19.0 Å². The van der Waals surface area contributed by atoms with Crippen molar-refractivity contribution in [3.63, 3.8) is 0 Å². The average molecular weight is 326 g/mol. The minimum Gasteiger partial charge on any atom is -0.351 e. The molecule has 0 aliphatic rings. The van der Waals surface area contributed by atoms with Gasteiger partial charge >= 0.3 is 0 Å². The van der Waals surface area contributed by atoms with Crippen LogP contribution in [0.2, 0.25) is 0 Å². The molecule has 7 nitrogen and oxygen atoms in total. The van der Waals surface area contributed by atoms with Crippen molar-refractivity contribution in [1.82, 2.24) is 19.7 Å². The Hall–Kier alpha value is -1.38. The maximum absolute atomic E-state index is 12.1. The van der Waals surface area contributed by atoms with Crippen molar-refractivity contribution in [2.75, 3.05) is 19.0 Å². The van der Waals surface area contributed by atoms with E-state index in [9.17, 15) is 4.79 Å². The topological polar surface area (TPSA) is 82.0 Å². The SMILES string of the molecule is CCCSc1nc2c(cnn2CC(OCC)OCC)c(=O)[nH]1. The van der Waals surface area contributed by atoms with Crippen molar-refractivity contribution in [2.45, 2.75) is 45.2 Å². The van der Waals surface area contributed by atoms with Crippen LogP contribution in [0.5, 0.6) is 0 Å². The molecule has 22 heavy (non-hydrogen) atoms. The lowest BCUT2D eigenvalue weighted by molar-refractivity contribution is -0.144. The van der Waals surface area contributed by atoms with Crippen LogP contribution in [0.4, 0.5) is 0 Å². The Morgan fingerprint density at radius 3 is 2.68 bits per heavy atom. The number of nitrogens with one attached hydrogen (secondary N) is 1. The minimum atomic E-state index is -0.397. The third-order valence-corrected chi connectivity index (χ3v) is 4.03. The zero-order valence-corrected chi connectivity index (χ0v) is 14.0. The van der Waals surface area contributed by atoms with Gasteiger partial charge in [0.2, 0.25) is 0 Å². The number of hydrogen-bond acceptors (Lipinski definition) is 6. The number of nitrogens with zero attached hydrogens (tertiary/aromatic N) is 3. The van der Waals surface area contributed by atoms with Crippen LogP contribution in [0.15, 0.2) is 16.1 Å². The number of ether oxygens (including phenoxy) is 2. The minimum absolute atomic E-state index is 0.167. The van der Waals surface area contributed by atoms with E-state index in [-0.39, 0.29) is 5.56 Å². The normalized spacial score (nSPS) is 11.6. The van der Waals surface area contributed by atoms with E-state index < -0.39 is 6.29 Å². The van der Waals surface area contributed by atoms with Gasteiger partial charge < -0.3 is 14.5 Å². The molecule has 2 aromatic heterocycles. The highest BCUT2D eigenvalue weighted by Crippen LogP contribution is 2.16. The number of aromatic amines is 1. The molecule has 0 atom stereocenters. The molecule has 0 unspecified atom stereocenters. The Morgan fingerprint density at radius 2 is 2.05 bits per heavy atom.